The van der Waals surface area contributed by atoms with Crippen LogP contribution in [0.3, 0.4) is 0 Å². The SMILES string of the molecule is COC(=O)Cc1c(C(=O)OC)nnn1C1CCCCCC1. The Hall–Kier alpha value is -1.92. The van der Waals surface area contributed by atoms with E-state index in [0.717, 1.165) is 25.7 Å². The molecule has 7 heteroatoms. The van der Waals surface area contributed by atoms with Gasteiger partial charge in [0.15, 0.2) is 5.69 Å². The van der Waals surface area contributed by atoms with Crippen LogP contribution < -0.4 is 0 Å². The number of hydrogen-bond donors (Lipinski definition) is 0. The first-order chi connectivity index (χ1) is 10.2. The van der Waals surface area contributed by atoms with Crippen molar-refractivity contribution in [1.82, 2.24) is 15.0 Å². The molecule has 2 rings (SSSR count). The minimum absolute atomic E-state index is 0.0234. The maximum Gasteiger partial charge on any atom is 0.360 e. The van der Waals surface area contributed by atoms with E-state index in [1.807, 2.05) is 0 Å². The van der Waals surface area contributed by atoms with Crippen molar-refractivity contribution < 1.29 is 19.1 Å². The minimum Gasteiger partial charge on any atom is -0.469 e. The molecule has 116 valence electrons. The Bertz CT molecular complexity index is 504. The minimum atomic E-state index is -0.575. The Balaban J connectivity index is 2.32. The number of methoxy groups -OCH3 is 2. The maximum absolute atomic E-state index is 11.8. The van der Waals surface area contributed by atoms with Gasteiger partial charge in [-0.1, -0.05) is 30.9 Å². The van der Waals surface area contributed by atoms with E-state index in [1.165, 1.54) is 27.1 Å². The van der Waals surface area contributed by atoms with Crippen molar-refractivity contribution in [2.75, 3.05) is 14.2 Å². The van der Waals surface area contributed by atoms with Crippen LogP contribution in [0.4, 0.5) is 0 Å². The summed E-state index contributed by atoms with van der Waals surface area (Å²) < 4.78 is 11.1. The maximum atomic E-state index is 11.8. The highest BCUT2D eigenvalue weighted by Gasteiger charge is 2.27. The van der Waals surface area contributed by atoms with Crippen LogP contribution in [0.25, 0.3) is 0 Å². The standard InChI is InChI=1S/C14H21N3O4/c1-20-12(18)9-11-13(14(19)21-2)15-16-17(11)10-7-5-3-4-6-8-10/h10H,3-9H2,1-2H3. The molecule has 0 aromatic carbocycles. The number of ether oxygens (including phenoxy) is 2. The number of carbonyl (C=O) groups excluding carboxylic acids is 2. The fourth-order valence-electron chi connectivity index (χ4n) is 2.74. The molecule has 1 saturated carbocycles. The molecule has 0 amide bonds. The van der Waals surface area contributed by atoms with Crippen molar-refractivity contribution in [3.63, 3.8) is 0 Å². The quantitative estimate of drug-likeness (QED) is 0.620. The second-order valence-corrected chi connectivity index (χ2v) is 5.22. The zero-order valence-electron chi connectivity index (χ0n) is 12.5. The number of aromatic nitrogens is 3. The molecule has 0 unspecified atom stereocenters. The van der Waals surface area contributed by atoms with Crippen molar-refractivity contribution in [1.29, 1.82) is 0 Å². The average molecular weight is 295 g/mol. The topological polar surface area (TPSA) is 83.3 Å². The van der Waals surface area contributed by atoms with Gasteiger partial charge in [0, 0.05) is 0 Å². The zero-order valence-corrected chi connectivity index (χ0v) is 12.5. The van der Waals surface area contributed by atoms with Crippen molar-refractivity contribution in [3.8, 4) is 0 Å². The highest BCUT2D eigenvalue weighted by molar-refractivity contribution is 5.89. The van der Waals surface area contributed by atoms with E-state index in [0.29, 0.717) is 5.69 Å². The van der Waals surface area contributed by atoms with Gasteiger partial charge in [0.2, 0.25) is 0 Å². The summed E-state index contributed by atoms with van der Waals surface area (Å²) in [4.78, 5) is 23.4. The van der Waals surface area contributed by atoms with Crippen molar-refractivity contribution in [2.24, 2.45) is 0 Å². The molecule has 1 heterocycles. The lowest BCUT2D eigenvalue weighted by Gasteiger charge is -2.16. The molecule has 1 aliphatic carbocycles. The Morgan fingerprint density at radius 2 is 1.81 bits per heavy atom. The Morgan fingerprint density at radius 3 is 2.38 bits per heavy atom. The molecule has 0 saturated heterocycles. The molecule has 0 bridgehead atoms. The van der Waals surface area contributed by atoms with Crippen LogP contribution >= 0.6 is 0 Å². The monoisotopic (exact) mass is 295 g/mol. The zero-order chi connectivity index (χ0) is 15.2. The summed E-state index contributed by atoms with van der Waals surface area (Å²) in [5.74, 6) is -0.994. The Morgan fingerprint density at radius 1 is 1.14 bits per heavy atom. The molecule has 1 aromatic rings. The van der Waals surface area contributed by atoms with Gasteiger partial charge in [0.05, 0.1) is 32.4 Å². The van der Waals surface area contributed by atoms with E-state index in [4.69, 9.17) is 9.47 Å². The van der Waals surface area contributed by atoms with Crippen LogP contribution in [0.2, 0.25) is 0 Å². The van der Waals surface area contributed by atoms with E-state index in [1.54, 1.807) is 4.68 Å². The van der Waals surface area contributed by atoms with E-state index in [2.05, 4.69) is 10.3 Å². The largest absolute Gasteiger partial charge is 0.469 e. The van der Waals surface area contributed by atoms with Gasteiger partial charge in [0.25, 0.3) is 0 Å². The molecule has 0 radical (unpaired) electrons. The highest BCUT2D eigenvalue weighted by Crippen LogP contribution is 2.28. The van der Waals surface area contributed by atoms with Crippen LogP contribution in [-0.4, -0.2) is 41.2 Å². The second kappa shape index (κ2) is 7.19. The first-order valence-electron chi connectivity index (χ1n) is 7.26. The van der Waals surface area contributed by atoms with Gasteiger partial charge >= 0.3 is 11.9 Å². The fraction of sp³-hybridized carbons (Fsp3) is 0.714. The number of nitrogens with zero attached hydrogens (tertiary/aromatic N) is 3. The van der Waals surface area contributed by atoms with E-state index in [-0.39, 0.29) is 18.2 Å². The third kappa shape index (κ3) is 3.59. The third-order valence-corrected chi connectivity index (χ3v) is 3.88. The number of carbonyl (C=O) groups is 2. The van der Waals surface area contributed by atoms with Gasteiger partial charge in [-0.15, -0.1) is 5.10 Å². The smallest absolute Gasteiger partial charge is 0.360 e. The first kappa shape index (κ1) is 15.5. The van der Waals surface area contributed by atoms with Gasteiger partial charge in [0.1, 0.15) is 0 Å². The Labute approximate surface area is 123 Å². The van der Waals surface area contributed by atoms with Crippen molar-refractivity contribution in [2.45, 2.75) is 51.0 Å². The van der Waals surface area contributed by atoms with Crippen LogP contribution in [0, 0.1) is 0 Å². The number of rotatable bonds is 4. The predicted molar refractivity (Wildman–Crippen MR) is 73.8 cm³/mol. The molecule has 21 heavy (non-hydrogen) atoms. The van der Waals surface area contributed by atoms with Gasteiger partial charge in [-0.05, 0) is 12.8 Å². The van der Waals surface area contributed by atoms with Gasteiger partial charge in [-0.25, -0.2) is 9.48 Å². The van der Waals surface area contributed by atoms with Crippen LogP contribution in [-0.2, 0) is 20.7 Å². The van der Waals surface area contributed by atoms with Gasteiger partial charge in [-0.2, -0.15) is 0 Å². The molecule has 0 N–H and O–H groups in total. The number of hydrogen-bond acceptors (Lipinski definition) is 6. The Kier molecular flexibility index (Phi) is 5.30. The molecule has 1 fully saturated rings. The second-order valence-electron chi connectivity index (χ2n) is 5.22. The average Bonchev–Trinajstić information content (AvgIpc) is 2.73. The third-order valence-electron chi connectivity index (χ3n) is 3.88. The fourth-order valence-corrected chi connectivity index (χ4v) is 2.74. The summed E-state index contributed by atoms with van der Waals surface area (Å²) in [5.41, 5.74) is 0.591. The molecule has 0 spiro atoms. The predicted octanol–water partition coefficient (Wildman–Crippen LogP) is 1.68. The first-order valence-corrected chi connectivity index (χ1v) is 7.26. The summed E-state index contributed by atoms with van der Waals surface area (Å²) in [5, 5.41) is 8.01. The number of esters is 2. The molecule has 0 atom stereocenters. The summed E-state index contributed by atoms with van der Waals surface area (Å²) in [6, 6.07) is 0.179. The lowest BCUT2D eigenvalue weighted by atomic mass is 10.1. The lowest BCUT2D eigenvalue weighted by Crippen LogP contribution is -2.18. The van der Waals surface area contributed by atoms with Crippen LogP contribution in [0.5, 0.6) is 0 Å². The van der Waals surface area contributed by atoms with Crippen molar-refractivity contribution in [3.05, 3.63) is 11.4 Å². The lowest BCUT2D eigenvalue weighted by molar-refractivity contribution is -0.139. The van der Waals surface area contributed by atoms with Crippen LogP contribution in [0.15, 0.2) is 0 Å². The molecular weight excluding hydrogens is 274 g/mol. The summed E-state index contributed by atoms with van der Waals surface area (Å²) in [6.45, 7) is 0. The van der Waals surface area contributed by atoms with Gasteiger partial charge < -0.3 is 9.47 Å². The van der Waals surface area contributed by atoms with E-state index >= 15 is 0 Å². The summed E-state index contributed by atoms with van der Waals surface area (Å²) >= 11 is 0. The summed E-state index contributed by atoms with van der Waals surface area (Å²) in [6.07, 6.45) is 6.61. The van der Waals surface area contributed by atoms with Gasteiger partial charge in [-0.3, -0.25) is 4.79 Å². The normalized spacial score (nSPS) is 16.3. The molecule has 1 aliphatic rings. The van der Waals surface area contributed by atoms with E-state index < -0.39 is 11.9 Å². The molecule has 1 aromatic heterocycles. The molecular formula is C14H21N3O4. The van der Waals surface area contributed by atoms with Crippen LogP contribution in [0.1, 0.15) is 60.7 Å². The van der Waals surface area contributed by atoms with Crippen molar-refractivity contribution >= 4 is 11.9 Å². The summed E-state index contributed by atoms with van der Waals surface area (Å²) in [7, 11) is 2.61. The highest BCUT2D eigenvalue weighted by atomic mass is 16.5. The van der Waals surface area contributed by atoms with E-state index in [9.17, 15) is 9.59 Å². The molecule has 7 nitrogen and oxygen atoms in total. The molecule has 0 aliphatic heterocycles.